The van der Waals surface area contributed by atoms with E-state index in [-0.39, 0.29) is 83.7 Å². The van der Waals surface area contributed by atoms with Gasteiger partial charge in [-0.15, -0.1) is 11.8 Å². The van der Waals surface area contributed by atoms with Crippen LogP contribution in [0.25, 0.3) is 0 Å². The number of hydrogen-bond donors (Lipinski definition) is 3. The summed E-state index contributed by atoms with van der Waals surface area (Å²) in [4.78, 5) is 28.3. The first-order chi connectivity index (χ1) is 19.2. The summed E-state index contributed by atoms with van der Waals surface area (Å²) in [5.41, 5.74) is -0.286. The van der Waals surface area contributed by atoms with Gasteiger partial charge in [-0.25, -0.2) is 13.2 Å². The van der Waals surface area contributed by atoms with Crippen molar-refractivity contribution in [3.8, 4) is 6.07 Å². The average molecular weight is 586 g/mol. The summed E-state index contributed by atoms with van der Waals surface area (Å²) in [5, 5.41) is 19.7. The number of ether oxygens (including phenoxy) is 1. The second kappa shape index (κ2) is 12.8. The lowest BCUT2D eigenvalue weighted by Crippen LogP contribution is -2.55. The molecule has 12 atom stereocenters. The van der Waals surface area contributed by atoms with Crippen LogP contribution in [0.2, 0.25) is 0 Å². The van der Waals surface area contributed by atoms with Gasteiger partial charge < -0.3 is 20.3 Å². The van der Waals surface area contributed by atoms with Gasteiger partial charge in [0.25, 0.3) is 0 Å². The molecule has 0 aromatic carbocycles. The van der Waals surface area contributed by atoms with E-state index in [1.54, 1.807) is 23.8 Å². The molecule has 3 N–H and O–H groups in total. The van der Waals surface area contributed by atoms with Crippen LogP contribution in [0.15, 0.2) is 0 Å². The van der Waals surface area contributed by atoms with Crippen molar-refractivity contribution in [2.24, 2.45) is 35.5 Å². The molecule has 3 aliphatic heterocycles. The van der Waals surface area contributed by atoms with Crippen LogP contribution in [0.1, 0.15) is 51.9 Å². The molecule has 12 heteroatoms. The third kappa shape index (κ3) is 6.27. The zero-order chi connectivity index (χ0) is 28.6. The van der Waals surface area contributed by atoms with Gasteiger partial charge in [0.2, 0.25) is 18.2 Å². The van der Waals surface area contributed by atoms with E-state index < -0.39 is 24.4 Å². The monoisotopic (exact) mass is 585 g/mol. The molecule has 0 aromatic heterocycles. The van der Waals surface area contributed by atoms with Crippen molar-refractivity contribution < 1.29 is 27.5 Å². The van der Waals surface area contributed by atoms with Gasteiger partial charge >= 0.3 is 0 Å². The summed E-state index contributed by atoms with van der Waals surface area (Å²) in [6.45, 7) is 3.58. The maximum atomic E-state index is 14.6. The van der Waals surface area contributed by atoms with Crippen LogP contribution in [-0.2, 0) is 14.3 Å². The summed E-state index contributed by atoms with van der Waals surface area (Å²) < 4.78 is 46.5. The lowest BCUT2D eigenvalue weighted by Gasteiger charge is -2.44. The molecule has 0 radical (unpaired) electrons. The molecule has 0 bridgehead atoms. The van der Waals surface area contributed by atoms with Gasteiger partial charge in [0, 0.05) is 55.9 Å². The number of carbonyl (C=O) groups is 2. The fourth-order valence-corrected chi connectivity index (χ4v) is 9.20. The number of halogens is 3. The number of rotatable bonds is 6. The summed E-state index contributed by atoms with van der Waals surface area (Å²) in [5.74, 6) is -2.08. The van der Waals surface area contributed by atoms with Crippen molar-refractivity contribution in [3.05, 3.63) is 0 Å². The number of alkyl halides is 3. The molecule has 3 saturated heterocycles. The van der Waals surface area contributed by atoms with Crippen LogP contribution in [-0.4, -0.2) is 85.0 Å². The lowest BCUT2D eigenvalue weighted by molar-refractivity contribution is -0.139. The zero-order valence-corrected chi connectivity index (χ0v) is 24.1. The Labute approximate surface area is 238 Å². The molecule has 0 aromatic rings. The highest BCUT2D eigenvalue weighted by Gasteiger charge is 2.48. The normalized spacial score (nSPS) is 43.8. The number of carbonyl (C=O) groups excluding carboxylic acids is 2. The Morgan fingerprint density at radius 2 is 1.90 bits per heavy atom. The van der Waals surface area contributed by atoms with E-state index in [2.05, 4.69) is 28.9 Å². The Bertz CT molecular complexity index is 958. The first kappa shape index (κ1) is 29.9. The Balaban J connectivity index is 1.15. The molecule has 12 unspecified atom stereocenters. The standard InChI is InChI=1S/C28H42F3N5O3S/c1-14-7-18(19-8-15(10-32)3-6-23(19)39-2)20(11-33-14)26(37)35-28-34-22-12-36(13-24(22)40-28)27(38)17-5-4-16(25(30)31)9-21(17)29/h14-25,28,33-34H,3-9,11-13H2,1-2H3,(H,35,37). The van der Waals surface area contributed by atoms with Crippen molar-refractivity contribution in [3.63, 3.8) is 0 Å². The largest absolute Gasteiger partial charge is 0.381 e. The van der Waals surface area contributed by atoms with Gasteiger partial charge in [0.15, 0.2) is 0 Å². The Hall–Kier alpha value is -1.55. The van der Waals surface area contributed by atoms with E-state index in [0.29, 0.717) is 19.6 Å². The van der Waals surface area contributed by atoms with Gasteiger partial charge in [-0.3, -0.25) is 14.9 Å². The van der Waals surface area contributed by atoms with Crippen LogP contribution in [0.5, 0.6) is 0 Å². The second-order valence-corrected chi connectivity index (χ2v) is 13.9. The van der Waals surface area contributed by atoms with Crippen LogP contribution >= 0.6 is 11.8 Å². The van der Waals surface area contributed by atoms with E-state index in [1.807, 2.05) is 0 Å². The molecule has 5 rings (SSSR count). The minimum atomic E-state index is -2.55. The van der Waals surface area contributed by atoms with Crippen molar-refractivity contribution in [1.82, 2.24) is 20.9 Å². The summed E-state index contributed by atoms with van der Waals surface area (Å²) in [6.07, 6.45) is -0.676. The quantitative estimate of drug-likeness (QED) is 0.440. The fraction of sp³-hybridized carbons (Fsp3) is 0.893. The van der Waals surface area contributed by atoms with Gasteiger partial charge in [-0.05, 0) is 63.7 Å². The topological polar surface area (TPSA) is 106 Å². The first-order valence-electron chi connectivity index (χ1n) is 14.8. The highest BCUT2D eigenvalue weighted by Crippen LogP contribution is 2.42. The molecule has 2 amide bonds. The molecule has 3 heterocycles. The van der Waals surface area contributed by atoms with Crippen LogP contribution in [0.3, 0.4) is 0 Å². The third-order valence-corrected chi connectivity index (χ3v) is 11.4. The highest BCUT2D eigenvalue weighted by molar-refractivity contribution is 8.00. The van der Waals surface area contributed by atoms with Crippen molar-refractivity contribution in [2.75, 3.05) is 26.7 Å². The number of piperidine rings is 1. The van der Waals surface area contributed by atoms with Gasteiger partial charge in [0.05, 0.1) is 24.0 Å². The molecule has 8 nitrogen and oxygen atoms in total. The SMILES string of the molecule is COC1CCC(C#N)CC1C1CC(C)NCC1C(=O)NC1NC2CN(C(=O)C3CCC(C(F)F)CC3F)CC2S1. The minimum Gasteiger partial charge on any atom is -0.381 e. The highest BCUT2D eigenvalue weighted by atomic mass is 32.2. The Morgan fingerprint density at radius 1 is 1.10 bits per heavy atom. The molecule has 0 spiro atoms. The molecule has 2 saturated carbocycles. The number of thioether (sulfide) groups is 1. The zero-order valence-electron chi connectivity index (χ0n) is 23.2. The first-order valence-corrected chi connectivity index (χ1v) is 15.7. The van der Waals surface area contributed by atoms with Crippen LogP contribution < -0.4 is 16.0 Å². The van der Waals surface area contributed by atoms with Crippen molar-refractivity contribution >= 4 is 23.6 Å². The van der Waals surface area contributed by atoms with E-state index >= 15 is 0 Å². The summed E-state index contributed by atoms with van der Waals surface area (Å²) in [6, 6.07) is 2.69. The predicted octanol–water partition coefficient (Wildman–Crippen LogP) is 2.89. The van der Waals surface area contributed by atoms with E-state index in [0.717, 1.165) is 25.7 Å². The summed E-state index contributed by atoms with van der Waals surface area (Å²) >= 11 is 1.57. The lowest BCUT2D eigenvalue weighted by atomic mass is 9.66. The second-order valence-electron chi connectivity index (χ2n) is 12.5. The van der Waals surface area contributed by atoms with Gasteiger partial charge in [-0.2, -0.15) is 5.26 Å². The molecule has 224 valence electrons. The van der Waals surface area contributed by atoms with Gasteiger partial charge in [0.1, 0.15) is 11.7 Å². The third-order valence-electron chi connectivity index (χ3n) is 10.0. The number of amides is 2. The average Bonchev–Trinajstić information content (AvgIpc) is 3.51. The molecular weight excluding hydrogens is 543 g/mol. The number of fused-ring (bicyclic) bond motifs is 1. The molecule has 40 heavy (non-hydrogen) atoms. The molecule has 2 aliphatic carbocycles. The van der Waals surface area contributed by atoms with E-state index in [1.165, 1.54) is 0 Å². The fourth-order valence-electron chi connectivity index (χ4n) is 7.79. The minimum absolute atomic E-state index is 0.00518. The van der Waals surface area contributed by atoms with Gasteiger partial charge in [-0.1, -0.05) is 0 Å². The molecular formula is C28H42F3N5O3S. The number of nitrogens with one attached hydrogen (secondary N) is 3. The summed E-state index contributed by atoms with van der Waals surface area (Å²) in [7, 11) is 1.72. The number of nitrogens with zero attached hydrogens (tertiary/aromatic N) is 2. The number of methoxy groups -OCH3 is 1. The van der Waals surface area contributed by atoms with E-state index in [9.17, 15) is 28.0 Å². The number of nitriles is 1. The van der Waals surface area contributed by atoms with Crippen LogP contribution in [0.4, 0.5) is 13.2 Å². The maximum absolute atomic E-state index is 14.6. The predicted molar refractivity (Wildman–Crippen MR) is 145 cm³/mol. The smallest absolute Gasteiger partial charge is 0.241 e. The Morgan fingerprint density at radius 3 is 2.58 bits per heavy atom. The maximum Gasteiger partial charge on any atom is 0.241 e. The van der Waals surface area contributed by atoms with E-state index in [4.69, 9.17) is 4.74 Å². The number of hydrogen-bond acceptors (Lipinski definition) is 7. The Kier molecular flexibility index (Phi) is 9.54. The van der Waals surface area contributed by atoms with Crippen LogP contribution in [0, 0.1) is 46.8 Å². The van der Waals surface area contributed by atoms with Crippen molar-refractivity contribution in [2.45, 2.75) is 93.4 Å². The number of likely N-dealkylation sites (tertiary alicyclic amines) is 1. The molecule has 5 aliphatic rings. The van der Waals surface area contributed by atoms with Crippen molar-refractivity contribution in [1.29, 1.82) is 5.26 Å². The molecule has 5 fully saturated rings.